The Balaban J connectivity index is 1.85. The SMILES string of the molecule is CC1(C)OC(=O)C(=CNc2ccc3c(c2)C(=O)CCC3(C)C)C(=O)O1. The first-order valence-corrected chi connectivity index (χ1v) is 8.20. The normalized spacial score (nSPS) is 21.1. The van der Waals surface area contributed by atoms with Crippen molar-refractivity contribution in [2.75, 3.05) is 5.32 Å². The summed E-state index contributed by atoms with van der Waals surface area (Å²) in [6.07, 6.45) is 2.58. The molecule has 1 fully saturated rings. The third kappa shape index (κ3) is 3.29. The van der Waals surface area contributed by atoms with Crippen LogP contribution in [0.15, 0.2) is 30.0 Å². The maximum atomic E-state index is 12.2. The molecular weight excluding hydrogens is 322 g/mol. The summed E-state index contributed by atoms with van der Waals surface area (Å²) in [6, 6.07) is 5.48. The lowest BCUT2D eigenvalue weighted by atomic mass is 9.72. The number of fused-ring (bicyclic) bond motifs is 1. The Kier molecular flexibility index (Phi) is 3.94. The molecule has 1 aliphatic heterocycles. The number of carbonyl (C=O) groups is 3. The molecule has 1 aromatic carbocycles. The Morgan fingerprint density at radius 1 is 1.04 bits per heavy atom. The van der Waals surface area contributed by atoms with Crippen molar-refractivity contribution in [2.45, 2.75) is 51.7 Å². The fraction of sp³-hybridized carbons (Fsp3) is 0.421. The van der Waals surface area contributed by atoms with Gasteiger partial charge in [0.2, 0.25) is 0 Å². The third-order valence-corrected chi connectivity index (χ3v) is 4.53. The average Bonchev–Trinajstić information content (AvgIpc) is 2.49. The van der Waals surface area contributed by atoms with Gasteiger partial charge in [-0.3, -0.25) is 4.79 Å². The molecule has 0 radical (unpaired) electrons. The minimum absolute atomic E-state index is 0.0528. The number of nitrogens with one attached hydrogen (secondary N) is 1. The minimum Gasteiger partial charge on any atom is -0.419 e. The van der Waals surface area contributed by atoms with Crippen LogP contribution in [0.5, 0.6) is 0 Å². The van der Waals surface area contributed by atoms with E-state index in [4.69, 9.17) is 9.47 Å². The summed E-state index contributed by atoms with van der Waals surface area (Å²) in [5.41, 5.74) is 2.03. The Hall–Kier alpha value is -2.63. The van der Waals surface area contributed by atoms with Crippen molar-refractivity contribution >= 4 is 23.4 Å². The van der Waals surface area contributed by atoms with E-state index in [0.717, 1.165) is 12.0 Å². The molecular formula is C19H21NO5. The number of rotatable bonds is 2. The predicted octanol–water partition coefficient (Wildman–Crippen LogP) is 3.07. The van der Waals surface area contributed by atoms with Crippen LogP contribution in [0.4, 0.5) is 5.69 Å². The number of hydrogen-bond acceptors (Lipinski definition) is 6. The minimum atomic E-state index is -1.27. The molecule has 1 aromatic rings. The lowest BCUT2D eigenvalue weighted by Gasteiger charge is -2.32. The second kappa shape index (κ2) is 5.72. The number of hydrogen-bond donors (Lipinski definition) is 1. The molecule has 3 rings (SSSR count). The molecule has 6 heteroatoms. The van der Waals surface area contributed by atoms with Gasteiger partial charge in [-0.05, 0) is 29.5 Å². The molecule has 0 aromatic heterocycles. The second-order valence-corrected chi connectivity index (χ2v) is 7.45. The number of benzene rings is 1. The van der Waals surface area contributed by atoms with E-state index in [0.29, 0.717) is 17.7 Å². The molecule has 1 aliphatic carbocycles. The van der Waals surface area contributed by atoms with Crippen LogP contribution >= 0.6 is 0 Å². The van der Waals surface area contributed by atoms with Crippen molar-refractivity contribution in [2.24, 2.45) is 0 Å². The third-order valence-electron chi connectivity index (χ3n) is 4.53. The summed E-state index contributed by atoms with van der Waals surface area (Å²) < 4.78 is 10.1. The predicted molar refractivity (Wildman–Crippen MR) is 91.0 cm³/mol. The molecule has 6 nitrogen and oxygen atoms in total. The first kappa shape index (κ1) is 17.2. The van der Waals surface area contributed by atoms with E-state index < -0.39 is 17.7 Å². The van der Waals surface area contributed by atoms with Gasteiger partial charge in [0.05, 0.1) is 0 Å². The fourth-order valence-corrected chi connectivity index (χ4v) is 3.08. The summed E-state index contributed by atoms with van der Waals surface area (Å²) in [5, 5.41) is 2.88. The standard InChI is InChI=1S/C19H21NO5/c1-18(2)8-7-15(21)12-9-11(5-6-14(12)18)20-10-13-16(22)24-19(3,4)25-17(13)23/h5-6,9-10,20H,7-8H2,1-4H3. The van der Waals surface area contributed by atoms with E-state index in [9.17, 15) is 14.4 Å². The van der Waals surface area contributed by atoms with Crippen molar-refractivity contribution < 1.29 is 23.9 Å². The fourth-order valence-electron chi connectivity index (χ4n) is 3.08. The van der Waals surface area contributed by atoms with E-state index in [-0.39, 0.29) is 16.8 Å². The summed E-state index contributed by atoms with van der Waals surface area (Å²) in [4.78, 5) is 36.1. The lowest BCUT2D eigenvalue weighted by Crippen LogP contribution is -2.42. The van der Waals surface area contributed by atoms with Crippen molar-refractivity contribution in [3.05, 3.63) is 41.1 Å². The van der Waals surface area contributed by atoms with E-state index in [2.05, 4.69) is 19.2 Å². The van der Waals surface area contributed by atoms with Crippen LogP contribution in [0.25, 0.3) is 0 Å². The Morgan fingerprint density at radius 3 is 2.32 bits per heavy atom. The highest BCUT2D eigenvalue weighted by Crippen LogP contribution is 2.37. The summed E-state index contributed by atoms with van der Waals surface area (Å²) in [6.45, 7) is 7.21. The number of ketones is 1. The van der Waals surface area contributed by atoms with Gasteiger partial charge in [0, 0.05) is 37.7 Å². The van der Waals surface area contributed by atoms with Crippen molar-refractivity contribution in [3.8, 4) is 0 Å². The number of ether oxygens (including phenoxy) is 2. The monoisotopic (exact) mass is 343 g/mol. The molecule has 0 amide bonds. The molecule has 0 unspecified atom stereocenters. The zero-order valence-electron chi connectivity index (χ0n) is 14.8. The topological polar surface area (TPSA) is 81.7 Å². The van der Waals surface area contributed by atoms with E-state index in [1.807, 2.05) is 12.1 Å². The summed E-state index contributed by atoms with van der Waals surface area (Å²) in [7, 11) is 0. The zero-order valence-corrected chi connectivity index (χ0v) is 14.8. The Morgan fingerprint density at radius 2 is 1.68 bits per heavy atom. The smallest absolute Gasteiger partial charge is 0.350 e. The maximum absolute atomic E-state index is 12.2. The Bertz CT molecular complexity index is 782. The quantitative estimate of drug-likeness (QED) is 0.505. The first-order valence-electron chi connectivity index (χ1n) is 8.20. The van der Waals surface area contributed by atoms with Crippen LogP contribution in [-0.2, 0) is 24.5 Å². The summed E-state index contributed by atoms with van der Waals surface area (Å²) in [5.74, 6) is -2.66. The van der Waals surface area contributed by atoms with Crippen molar-refractivity contribution in [3.63, 3.8) is 0 Å². The lowest BCUT2D eigenvalue weighted by molar-refractivity contribution is -0.222. The molecule has 0 atom stereocenters. The molecule has 0 saturated carbocycles. The highest BCUT2D eigenvalue weighted by Gasteiger charge is 2.39. The molecule has 2 aliphatic rings. The number of Topliss-reactive ketones (excluding diaryl/α,β-unsaturated/α-hetero) is 1. The number of esters is 2. The van der Waals surface area contributed by atoms with E-state index in [1.54, 1.807) is 6.07 Å². The van der Waals surface area contributed by atoms with Gasteiger partial charge in [-0.2, -0.15) is 0 Å². The molecule has 1 saturated heterocycles. The van der Waals surface area contributed by atoms with Crippen molar-refractivity contribution in [1.82, 2.24) is 0 Å². The van der Waals surface area contributed by atoms with Crippen LogP contribution < -0.4 is 5.32 Å². The largest absolute Gasteiger partial charge is 0.419 e. The van der Waals surface area contributed by atoms with Crippen LogP contribution in [0.3, 0.4) is 0 Å². The molecule has 132 valence electrons. The van der Waals surface area contributed by atoms with E-state index >= 15 is 0 Å². The van der Waals surface area contributed by atoms with Gasteiger partial charge in [-0.25, -0.2) is 9.59 Å². The van der Waals surface area contributed by atoms with Gasteiger partial charge in [-0.15, -0.1) is 0 Å². The number of carbonyl (C=O) groups excluding carboxylic acids is 3. The highest BCUT2D eigenvalue weighted by molar-refractivity contribution is 6.15. The first-order chi connectivity index (χ1) is 11.6. The zero-order chi connectivity index (χ0) is 18.4. The molecule has 0 bridgehead atoms. The number of cyclic esters (lactones) is 2. The maximum Gasteiger partial charge on any atom is 0.350 e. The highest BCUT2D eigenvalue weighted by atomic mass is 16.7. The van der Waals surface area contributed by atoms with Crippen LogP contribution in [0.2, 0.25) is 0 Å². The van der Waals surface area contributed by atoms with E-state index in [1.165, 1.54) is 20.0 Å². The molecule has 1 N–H and O–H groups in total. The molecule has 1 heterocycles. The second-order valence-electron chi connectivity index (χ2n) is 7.45. The number of anilines is 1. The van der Waals surface area contributed by atoms with Gasteiger partial charge in [0.25, 0.3) is 5.79 Å². The molecule has 25 heavy (non-hydrogen) atoms. The van der Waals surface area contributed by atoms with Gasteiger partial charge in [-0.1, -0.05) is 19.9 Å². The van der Waals surface area contributed by atoms with Crippen LogP contribution in [0, 0.1) is 0 Å². The van der Waals surface area contributed by atoms with Crippen molar-refractivity contribution in [1.29, 1.82) is 0 Å². The van der Waals surface area contributed by atoms with Gasteiger partial charge < -0.3 is 14.8 Å². The van der Waals surface area contributed by atoms with Gasteiger partial charge in [0.15, 0.2) is 11.4 Å². The average molecular weight is 343 g/mol. The Labute approximate surface area is 146 Å². The van der Waals surface area contributed by atoms with Crippen LogP contribution in [0.1, 0.15) is 56.5 Å². The van der Waals surface area contributed by atoms with Gasteiger partial charge >= 0.3 is 11.9 Å². The molecule has 0 spiro atoms. The van der Waals surface area contributed by atoms with Gasteiger partial charge in [0.1, 0.15) is 0 Å². The summed E-state index contributed by atoms with van der Waals surface area (Å²) >= 11 is 0. The van der Waals surface area contributed by atoms with Crippen LogP contribution in [-0.4, -0.2) is 23.5 Å².